The molecule has 26 heavy (non-hydrogen) atoms. The van der Waals surface area contributed by atoms with Crippen LogP contribution in [0.1, 0.15) is 44.1 Å². The molecule has 2 heterocycles. The number of ether oxygens (including phenoxy) is 2. The molecule has 4 rings (SSSR count). The summed E-state index contributed by atoms with van der Waals surface area (Å²) in [6, 6.07) is 6.22. The third kappa shape index (κ3) is 3.10. The van der Waals surface area contributed by atoms with E-state index in [0.717, 1.165) is 31.2 Å². The van der Waals surface area contributed by atoms with E-state index in [1.54, 1.807) is 12.4 Å². The summed E-state index contributed by atoms with van der Waals surface area (Å²) in [6.45, 7) is 1.55. The van der Waals surface area contributed by atoms with Gasteiger partial charge in [0.15, 0.2) is 0 Å². The van der Waals surface area contributed by atoms with E-state index in [1.807, 2.05) is 17.0 Å². The molecule has 0 aromatic carbocycles. The lowest BCUT2D eigenvalue weighted by atomic mass is 9.85. The fraction of sp³-hybridized carbons (Fsp3) is 0.650. The number of aromatic nitrogens is 1. The van der Waals surface area contributed by atoms with Crippen molar-refractivity contribution in [2.24, 2.45) is 5.41 Å². The van der Waals surface area contributed by atoms with Crippen LogP contribution in [0.2, 0.25) is 0 Å². The molecule has 0 spiro atoms. The molecule has 6 heteroatoms. The smallest absolute Gasteiger partial charge is 0.243 e. The maximum atomic E-state index is 13.3. The van der Waals surface area contributed by atoms with Crippen LogP contribution in [0.15, 0.2) is 24.5 Å². The zero-order valence-corrected chi connectivity index (χ0v) is 15.0. The van der Waals surface area contributed by atoms with Crippen molar-refractivity contribution in [3.63, 3.8) is 0 Å². The molecule has 1 aromatic rings. The summed E-state index contributed by atoms with van der Waals surface area (Å²) in [7, 11) is 0. The molecule has 138 valence electrons. The van der Waals surface area contributed by atoms with Crippen molar-refractivity contribution in [1.29, 1.82) is 5.26 Å². The fourth-order valence-electron chi connectivity index (χ4n) is 4.66. The van der Waals surface area contributed by atoms with Gasteiger partial charge in [-0.3, -0.25) is 9.78 Å². The van der Waals surface area contributed by atoms with Gasteiger partial charge < -0.3 is 14.4 Å². The molecule has 3 fully saturated rings. The molecule has 3 atom stereocenters. The highest BCUT2D eigenvalue weighted by Gasteiger charge is 2.50. The van der Waals surface area contributed by atoms with Crippen LogP contribution in [0, 0.1) is 16.7 Å². The van der Waals surface area contributed by atoms with Crippen LogP contribution in [0.4, 0.5) is 0 Å². The highest BCUT2D eigenvalue weighted by Crippen LogP contribution is 2.42. The lowest BCUT2D eigenvalue weighted by molar-refractivity contribution is -0.143. The van der Waals surface area contributed by atoms with Gasteiger partial charge in [-0.05, 0) is 43.4 Å². The number of carbonyl (C=O) groups is 1. The van der Waals surface area contributed by atoms with Gasteiger partial charge in [0.05, 0.1) is 31.4 Å². The van der Waals surface area contributed by atoms with E-state index < -0.39 is 5.41 Å². The van der Waals surface area contributed by atoms with Crippen LogP contribution in [0.5, 0.6) is 0 Å². The minimum atomic E-state index is -0.835. The van der Waals surface area contributed by atoms with Gasteiger partial charge in [-0.2, -0.15) is 5.26 Å². The predicted molar refractivity (Wildman–Crippen MR) is 93.8 cm³/mol. The van der Waals surface area contributed by atoms with Crippen molar-refractivity contribution in [2.75, 3.05) is 13.2 Å². The predicted octanol–water partition coefficient (Wildman–Crippen LogP) is 2.44. The second kappa shape index (κ2) is 7.34. The number of amides is 1. The normalized spacial score (nSPS) is 30.0. The molecular weight excluding hydrogens is 330 g/mol. The SMILES string of the molecule is N#CC1(C(=O)N2CCOC3CCC2C3OCc2ccncc2)CCCC1. The van der Waals surface area contributed by atoms with E-state index in [2.05, 4.69) is 11.1 Å². The monoisotopic (exact) mass is 355 g/mol. The molecule has 3 unspecified atom stereocenters. The van der Waals surface area contributed by atoms with Gasteiger partial charge in [-0.25, -0.2) is 0 Å². The molecule has 2 saturated carbocycles. The number of rotatable bonds is 4. The molecule has 1 aromatic heterocycles. The van der Waals surface area contributed by atoms with Crippen molar-refractivity contribution >= 4 is 5.91 Å². The highest BCUT2D eigenvalue weighted by atomic mass is 16.5. The molecule has 0 radical (unpaired) electrons. The molecule has 1 amide bonds. The number of hydrogen-bond donors (Lipinski definition) is 0. The number of nitriles is 1. The average molecular weight is 355 g/mol. The van der Waals surface area contributed by atoms with Crippen LogP contribution in [0.3, 0.4) is 0 Å². The van der Waals surface area contributed by atoms with Crippen LogP contribution >= 0.6 is 0 Å². The second-order valence-electron chi connectivity index (χ2n) is 7.58. The summed E-state index contributed by atoms with van der Waals surface area (Å²) in [5, 5.41) is 9.71. The van der Waals surface area contributed by atoms with Gasteiger partial charge >= 0.3 is 0 Å². The maximum Gasteiger partial charge on any atom is 0.243 e. The molecule has 2 bridgehead atoms. The minimum Gasteiger partial charge on any atom is -0.374 e. The average Bonchev–Trinajstić information content (AvgIpc) is 3.26. The Kier molecular flexibility index (Phi) is 4.92. The quantitative estimate of drug-likeness (QED) is 0.829. The van der Waals surface area contributed by atoms with E-state index in [1.165, 1.54) is 0 Å². The van der Waals surface area contributed by atoms with E-state index in [0.29, 0.717) is 32.6 Å². The zero-order valence-electron chi connectivity index (χ0n) is 15.0. The Hall–Kier alpha value is -1.97. The molecule has 1 aliphatic heterocycles. The van der Waals surface area contributed by atoms with Gasteiger partial charge in [0.2, 0.25) is 5.91 Å². The van der Waals surface area contributed by atoms with Gasteiger partial charge in [0.1, 0.15) is 11.5 Å². The van der Waals surface area contributed by atoms with Crippen LogP contribution in [0.25, 0.3) is 0 Å². The van der Waals surface area contributed by atoms with Crippen molar-refractivity contribution < 1.29 is 14.3 Å². The van der Waals surface area contributed by atoms with Crippen LogP contribution < -0.4 is 0 Å². The van der Waals surface area contributed by atoms with Crippen molar-refractivity contribution in [2.45, 2.75) is 63.4 Å². The molecule has 0 N–H and O–H groups in total. The topological polar surface area (TPSA) is 75.5 Å². The third-order valence-corrected chi connectivity index (χ3v) is 6.09. The summed E-state index contributed by atoms with van der Waals surface area (Å²) in [5.41, 5.74) is 0.226. The minimum absolute atomic E-state index is 0.00247. The Morgan fingerprint density at radius 3 is 2.85 bits per heavy atom. The Morgan fingerprint density at radius 1 is 1.35 bits per heavy atom. The van der Waals surface area contributed by atoms with Crippen molar-refractivity contribution in [3.8, 4) is 6.07 Å². The van der Waals surface area contributed by atoms with Gasteiger partial charge in [0.25, 0.3) is 0 Å². The van der Waals surface area contributed by atoms with E-state index in [-0.39, 0.29) is 24.2 Å². The number of carbonyl (C=O) groups excluding carboxylic acids is 1. The van der Waals surface area contributed by atoms with E-state index in [4.69, 9.17) is 9.47 Å². The van der Waals surface area contributed by atoms with Crippen LogP contribution in [-0.2, 0) is 20.9 Å². The highest BCUT2D eigenvalue weighted by molar-refractivity contribution is 5.86. The maximum absolute atomic E-state index is 13.3. The van der Waals surface area contributed by atoms with E-state index in [9.17, 15) is 10.1 Å². The Labute approximate surface area is 154 Å². The summed E-state index contributed by atoms with van der Waals surface area (Å²) < 4.78 is 12.2. The fourth-order valence-corrected chi connectivity index (χ4v) is 4.66. The van der Waals surface area contributed by atoms with Gasteiger partial charge in [-0.1, -0.05) is 12.8 Å². The number of hydrogen-bond acceptors (Lipinski definition) is 5. The van der Waals surface area contributed by atoms with Gasteiger partial charge in [-0.15, -0.1) is 0 Å². The largest absolute Gasteiger partial charge is 0.374 e. The molecule has 6 nitrogen and oxygen atoms in total. The van der Waals surface area contributed by atoms with Crippen LogP contribution in [-0.4, -0.2) is 47.2 Å². The first-order valence-electron chi connectivity index (χ1n) is 9.58. The van der Waals surface area contributed by atoms with Crippen molar-refractivity contribution in [3.05, 3.63) is 30.1 Å². The molecule has 1 saturated heterocycles. The molecular formula is C20H25N3O3. The molecule has 3 aliphatic rings. The number of fused-ring (bicyclic) bond motifs is 2. The number of pyridine rings is 1. The third-order valence-electron chi connectivity index (χ3n) is 6.09. The first-order chi connectivity index (χ1) is 12.7. The molecule has 2 aliphatic carbocycles. The summed E-state index contributed by atoms with van der Waals surface area (Å²) in [5.74, 6) is -0.00818. The first-order valence-corrected chi connectivity index (χ1v) is 9.58. The Bertz CT molecular complexity index is 681. The zero-order chi connectivity index (χ0) is 18.0. The standard InChI is InChI=1S/C20H25N3O3/c21-14-20(7-1-2-8-20)19(24)23-11-12-25-17-4-3-16(23)18(17)26-13-15-5-9-22-10-6-15/h5-6,9-10,16-18H,1-4,7-8,11-13H2. The second-order valence-corrected chi connectivity index (χ2v) is 7.58. The van der Waals surface area contributed by atoms with E-state index >= 15 is 0 Å². The summed E-state index contributed by atoms with van der Waals surface area (Å²) in [6.07, 6.45) is 8.45. The van der Waals surface area contributed by atoms with Gasteiger partial charge in [0, 0.05) is 18.9 Å². The first kappa shape index (κ1) is 17.4. The van der Waals surface area contributed by atoms with Crippen molar-refractivity contribution in [1.82, 2.24) is 9.88 Å². The Balaban J connectivity index is 1.51. The Morgan fingerprint density at radius 2 is 2.12 bits per heavy atom. The summed E-state index contributed by atoms with van der Waals surface area (Å²) in [4.78, 5) is 19.2. The summed E-state index contributed by atoms with van der Waals surface area (Å²) >= 11 is 0. The lowest BCUT2D eigenvalue weighted by Gasteiger charge is -2.35. The lowest BCUT2D eigenvalue weighted by Crippen LogP contribution is -2.51. The number of nitrogens with zero attached hydrogens (tertiary/aromatic N) is 3.